The van der Waals surface area contributed by atoms with Gasteiger partial charge in [0.1, 0.15) is 5.78 Å². The molecular weight excluding hydrogens is 172 g/mol. The third-order valence-electron chi connectivity index (χ3n) is 5.11. The van der Waals surface area contributed by atoms with Gasteiger partial charge < -0.3 is 0 Å². The van der Waals surface area contributed by atoms with Crippen molar-refractivity contribution in [2.45, 2.75) is 47.0 Å². The Morgan fingerprint density at radius 1 is 1.36 bits per heavy atom. The normalized spacial score (nSPS) is 44.3. The summed E-state index contributed by atoms with van der Waals surface area (Å²) < 4.78 is 0. The predicted octanol–water partition coefficient (Wildman–Crippen LogP) is 3.28. The van der Waals surface area contributed by atoms with E-state index in [1.165, 1.54) is 12.8 Å². The molecule has 1 heteroatoms. The van der Waals surface area contributed by atoms with Gasteiger partial charge in [-0.05, 0) is 42.9 Å². The number of Topliss-reactive ketones (excluding diaryl/α,β-unsaturated/α-hetero) is 1. The van der Waals surface area contributed by atoms with E-state index in [-0.39, 0.29) is 0 Å². The van der Waals surface area contributed by atoms with Gasteiger partial charge in [-0.25, -0.2) is 0 Å². The average molecular weight is 194 g/mol. The fraction of sp³-hybridized carbons (Fsp3) is 0.923. The van der Waals surface area contributed by atoms with Crippen LogP contribution in [0.5, 0.6) is 0 Å². The summed E-state index contributed by atoms with van der Waals surface area (Å²) in [5.41, 5.74) is 0.520. The van der Waals surface area contributed by atoms with Crippen LogP contribution < -0.4 is 0 Å². The van der Waals surface area contributed by atoms with Gasteiger partial charge in [0.25, 0.3) is 0 Å². The van der Waals surface area contributed by atoms with Crippen LogP contribution in [0.25, 0.3) is 0 Å². The summed E-state index contributed by atoms with van der Waals surface area (Å²) in [5, 5.41) is 0. The summed E-state index contributed by atoms with van der Waals surface area (Å²) in [6.45, 7) is 8.82. The lowest BCUT2D eigenvalue weighted by atomic mass is 9.42. The van der Waals surface area contributed by atoms with Gasteiger partial charge in [0.15, 0.2) is 0 Å². The zero-order chi connectivity index (χ0) is 10.5. The summed E-state index contributed by atoms with van der Waals surface area (Å²) in [6, 6.07) is 0. The standard InChI is InChI=1S/C13H22O/c1-5-10-11(8(2)14)6-9-7-12(10)13(9,3)4/h9-12H,5-7H2,1-4H3/t9?,10-,11?,12?/m0/s1. The Labute approximate surface area is 87.3 Å². The minimum Gasteiger partial charge on any atom is -0.300 e. The first-order valence-electron chi connectivity index (χ1n) is 5.99. The van der Waals surface area contributed by atoms with E-state index < -0.39 is 0 Å². The van der Waals surface area contributed by atoms with E-state index in [1.807, 2.05) is 0 Å². The smallest absolute Gasteiger partial charge is 0.133 e. The maximum absolute atomic E-state index is 11.5. The molecule has 3 aliphatic rings. The van der Waals surface area contributed by atoms with Crippen molar-refractivity contribution in [2.24, 2.45) is 29.1 Å². The maximum atomic E-state index is 11.5. The SMILES string of the molecule is CC[C@H]1C(C(C)=O)CC2CC1C2(C)C. The van der Waals surface area contributed by atoms with Gasteiger partial charge in [-0.15, -0.1) is 0 Å². The Morgan fingerprint density at radius 3 is 2.43 bits per heavy atom. The molecule has 0 heterocycles. The van der Waals surface area contributed by atoms with Crippen LogP contribution in [-0.2, 0) is 4.79 Å². The van der Waals surface area contributed by atoms with Crippen LogP contribution in [0.1, 0.15) is 47.0 Å². The Balaban J connectivity index is 2.19. The highest BCUT2D eigenvalue weighted by Gasteiger charge is 2.57. The van der Waals surface area contributed by atoms with Crippen LogP contribution in [-0.4, -0.2) is 5.78 Å². The first-order valence-corrected chi connectivity index (χ1v) is 5.99. The van der Waals surface area contributed by atoms with E-state index in [0.717, 1.165) is 18.3 Å². The Kier molecular flexibility index (Phi) is 2.24. The summed E-state index contributed by atoms with van der Waals surface area (Å²) >= 11 is 0. The molecular formula is C13H22O. The second kappa shape index (κ2) is 3.08. The molecule has 0 aliphatic heterocycles. The molecule has 0 saturated heterocycles. The molecule has 3 saturated carbocycles. The van der Waals surface area contributed by atoms with Crippen molar-refractivity contribution >= 4 is 5.78 Å². The molecule has 3 unspecified atom stereocenters. The van der Waals surface area contributed by atoms with Gasteiger partial charge in [0.2, 0.25) is 0 Å². The molecule has 0 amide bonds. The van der Waals surface area contributed by atoms with Crippen molar-refractivity contribution < 1.29 is 4.79 Å². The third-order valence-corrected chi connectivity index (χ3v) is 5.11. The summed E-state index contributed by atoms with van der Waals surface area (Å²) in [7, 11) is 0. The molecule has 0 N–H and O–H groups in total. The van der Waals surface area contributed by atoms with Gasteiger partial charge in [0, 0.05) is 5.92 Å². The first-order chi connectivity index (χ1) is 6.48. The van der Waals surface area contributed by atoms with E-state index in [2.05, 4.69) is 20.8 Å². The van der Waals surface area contributed by atoms with E-state index in [1.54, 1.807) is 6.92 Å². The Bertz CT molecular complexity index is 254. The van der Waals surface area contributed by atoms with Crippen molar-refractivity contribution in [3.05, 3.63) is 0 Å². The molecule has 14 heavy (non-hydrogen) atoms. The number of hydrogen-bond acceptors (Lipinski definition) is 1. The van der Waals surface area contributed by atoms with Crippen molar-refractivity contribution in [3.63, 3.8) is 0 Å². The van der Waals surface area contributed by atoms with Gasteiger partial charge in [-0.1, -0.05) is 27.2 Å². The second-order valence-corrected chi connectivity index (χ2v) is 5.89. The molecule has 4 atom stereocenters. The Hall–Kier alpha value is -0.330. The van der Waals surface area contributed by atoms with Crippen molar-refractivity contribution in [1.82, 2.24) is 0 Å². The number of rotatable bonds is 2. The van der Waals surface area contributed by atoms with Gasteiger partial charge >= 0.3 is 0 Å². The highest BCUT2D eigenvalue weighted by Crippen LogP contribution is 2.63. The number of fused-ring (bicyclic) bond motifs is 2. The molecule has 0 spiro atoms. The zero-order valence-electron chi connectivity index (χ0n) is 9.84. The molecule has 0 aromatic heterocycles. The topological polar surface area (TPSA) is 17.1 Å². The molecule has 0 radical (unpaired) electrons. The molecule has 80 valence electrons. The summed E-state index contributed by atoms with van der Waals surface area (Å²) in [6.07, 6.45) is 3.73. The van der Waals surface area contributed by atoms with E-state index >= 15 is 0 Å². The van der Waals surface area contributed by atoms with Crippen LogP contribution in [0, 0.1) is 29.1 Å². The van der Waals surface area contributed by atoms with Gasteiger partial charge in [-0.2, -0.15) is 0 Å². The van der Waals surface area contributed by atoms with E-state index in [0.29, 0.717) is 23.0 Å². The summed E-state index contributed by atoms with van der Waals surface area (Å²) in [4.78, 5) is 11.5. The quantitative estimate of drug-likeness (QED) is 0.659. The minimum atomic E-state index is 0.386. The fourth-order valence-electron chi connectivity index (χ4n) is 3.98. The van der Waals surface area contributed by atoms with Crippen LogP contribution in [0.4, 0.5) is 0 Å². The number of hydrogen-bond donors (Lipinski definition) is 0. The largest absolute Gasteiger partial charge is 0.300 e. The highest BCUT2D eigenvalue weighted by atomic mass is 16.1. The van der Waals surface area contributed by atoms with Crippen LogP contribution in [0.15, 0.2) is 0 Å². The lowest BCUT2D eigenvalue weighted by Gasteiger charge is -2.62. The van der Waals surface area contributed by atoms with E-state index in [9.17, 15) is 4.79 Å². The first kappa shape index (κ1) is 10.2. The molecule has 3 aliphatic carbocycles. The van der Waals surface area contributed by atoms with Crippen molar-refractivity contribution in [2.75, 3.05) is 0 Å². The number of ketones is 1. The lowest BCUT2D eigenvalue weighted by molar-refractivity contribution is -0.153. The second-order valence-electron chi connectivity index (χ2n) is 5.89. The Morgan fingerprint density at radius 2 is 2.00 bits per heavy atom. The van der Waals surface area contributed by atoms with E-state index in [4.69, 9.17) is 0 Å². The number of carbonyl (C=O) groups is 1. The van der Waals surface area contributed by atoms with Gasteiger partial charge in [0.05, 0.1) is 0 Å². The molecule has 1 nitrogen and oxygen atoms in total. The monoisotopic (exact) mass is 194 g/mol. The molecule has 3 rings (SSSR count). The maximum Gasteiger partial charge on any atom is 0.133 e. The molecule has 2 bridgehead atoms. The minimum absolute atomic E-state index is 0.386. The van der Waals surface area contributed by atoms with Crippen molar-refractivity contribution in [3.8, 4) is 0 Å². The molecule has 0 aromatic carbocycles. The lowest BCUT2D eigenvalue weighted by Crippen LogP contribution is -2.56. The van der Waals surface area contributed by atoms with Gasteiger partial charge in [-0.3, -0.25) is 4.79 Å². The van der Waals surface area contributed by atoms with Crippen LogP contribution >= 0.6 is 0 Å². The van der Waals surface area contributed by atoms with Crippen LogP contribution in [0.2, 0.25) is 0 Å². The zero-order valence-corrected chi connectivity index (χ0v) is 9.84. The third kappa shape index (κ3) is 1.17. The predicted molar refractivity (Wildman–Crippen MR) is 57.9 cm³/mol. The molecule has 0 aromatic rings. The van der Waals surface area contributed by atoms with Crippen molar-refractivity contribution in [1.29, 1.82) is 0 Å². The van der Waals surface area contributed by atoms with Crippen LogP contribution in [0.3, 0.4) is 0 Å². The molecule has 3 fully saturated rings. The average Bonchev–Trinajstić information content (AvgIpc) is 2.16. The number of carbonyl (C=O) groups excluding carboxylic acids is 1. The fourth-order valence-corrected chi connectivity index (χ4v) is 3.98. The highest BCUT2D eigenvalue weighted by molar-refractivity contribution is 5.79. The summed E-state index contributed by atoms with van der Waals surface area (Å²) in [5.74, 6) is 3.13.